The molecule has 0 aromatic heterocycles. The van der Waals surface area contributed by atoms with Crippen LogP contribution in [0.1, 0.15) is 29.8 Å². The van der Waals surface area contributed by atoms with E-state index in [0.29, 0.717) is 16.8 Å². The number of rotatable bonds is 5. The zero-order chi connectivity index (χ0) is 17.0. The Morgan fingerprint density at radius 2 is 1.70 bits per heavy atom. The monoisotopic (exact) mass is 332 g/mol. The first-order chi connectivity index (χ1) is 10.8. The molecule has 0 spiro atoms. The normalized spacial score (nSPS) is 11.3. The molecule has 122 valence electrons. The second-order valence-corrected chi connectivity index (χ2v) is 7.23. The number of nitrogens with one attached hydrogen (secondary N) is 2. The lowest BCUT2D eigenvalue weighted by molar-refractivity contribution is 0.0943. The Morgan fingerprint density at radius 3 is 2.30 bits per heavy atom. The molecule has 1 amide bonds. The van der Waals surface area contributed by atoms with Gasteiger partial charge in [-0.2, -0.15) is 0 Å². The van der Waals surface area contributed by atoms with Gasteiger partial charge < -0.3 is 5.32 Å². The molecule has 2 aromatic carbocycles. The molecule has 0 saturated carbocycles. The number of sulfonamides is 1. The third-order valence-electron chi connectivity index (χ3n) is 3.19. The molecule has 2 N–H and O–H groups in total. The molecule has 6 heteroatoms. The molecular formula is C17H20N2O3S. The fourth-order valence-corrected chi connectivity index (χ4v) is 3.42. The Bertz CT molecular complexity index is 800. The summed E-state index contributed by atoms with van der Waals surface area (Å²) in [6.07, 6.45) is 0. The lowest BCUT2D eigenvalue weighted by Crippen LogP contribution is -2.30. The minimum absolute atomic E-state index is 0.0219. The SMILES string of the molecule is Cc1ccc(C(=O)NC(C)C)cc1S(=O)(=O)Nc1ccccc1. The molecule has 0 aliphatic heterocycles. The van der Waals surface area contributed by atoms with Gasteiger partial charge in [0.2, 0.25) is 0 Å². The fraction of sp³-hybridized carbons (Fsp3) is 0.235. The van der Waals surface area contributed by atoms with Gasteiger partial charge in [0.25, 0.3) is 15.9 Å². The largest absolute Gasteiger partial charge is 0.350 e. The van der Waals surface area contributed by atoms with Crippen molar-refractivity contribution in [3.8, 4) is 0 Å². The summed E-state index contributed by atoms with van der Waals surface area (Å²) in [5.74, 6) is -0.295. The topological polar surface area (TPSA) is 75.3 Å². The van der Waals surface area contributed by atoms with Crippen molar-refractivity contribution >= 4 is 21.6 Å². The van der Waals surface area contributed by atoms with Crippen molar-refractivity contribution in [2.45, 2.75) is 31.7 Å². The van der Waals surface area contributed by atoms with E-state index in [0.717, 1.165) is 0 Å². The quantitative estimate of drug-likeness (QED) is 0.884. The first kappa shape index (κ1) is 17.0. The van der Waals surface area contributed by atoms with Crippen molar-refractivity contribution in [3.63, 3.8) is 0 Å². The summed E-state index contributed by atoms with van der Waals surface area (Å²) in [6.45, 7) is 5.39. The van der Waals surface area contributed by atoms with Gasteiger partial charge in [-0.1, -0.05) is 24.3 Å². The van der Waals surface area contributed by atoms with Crippen LogP contribution in [0.15, 0.2) is 53.4 Å². The molecule has 0 aliphatic carbocycles. The second kappa shape index (κ2) is 6.83. The van der Waals surface area contributed by atoms with Crippen LogP contribution in [0.2, 0.25) is 0 Å². The number of para-hydroxylation sites is 1. The molecule has 0 saturated heterocycles. The number of anilines is 1. The maximum absolute atomic E-state index is 12.6. The summed E-state index contributed by atoms with van der Waals surface area (Å²) in [5, 5.41) is 2.75. The summed E-state index contributed by atoms with van der Waals surface area (Å²) >= 11 is 0. The molecule has 23 heavy (non-hydrogen) atoms. The zero-order valence-corrected chi connectivity index (χ0v) is 14.1. The molecular weight excluding hydrogens is 312 g/mol. The van der Waals surface area contributed by atoms with Crippen LogP contribution in [-0.2, 0) is 10.0 Å². The van der Waals surface area contributed by atoms with Crippen molar-refractivity contribution in [3.05, 3.63) is 59.7 Å². The van der Waals surface area contributed by atoms with E-state index in [2.05, 4.69) is 10.0 Å². The van der Waals surface area contributed by atoms with E-state index < -0.39 is 10.0 Å². The molecule has 0 unspecified atom stereocenters. The Hall–Kier alpha value is -2.34. The van der Waals surface area contributed by atoms with Gasteiger partial charge in [-0.25, -0.2) is 8.42 Å². The molecule has 0 fully saturated rings. The van der Waals surface area contributed by atoms with E-state index in [9.17, 15) is 13.2 Å². The van der Waals surface area contributed by atoms with Crippen LogP contribution in [0.3, 0.4) is 0 Å². The molecule has 0 heterocycles. The minimum atomic E-state index is -3.76. The van der Waals surface area contributed by atoms with E-state index >= 15 is 0 Å². The highest BCUT2D eigenvalue weighted by Gasteiger charge is 2.19. The van der Waals surface area contributed by atoms with Crippen LogP contribution < -0.4 is 10.0 Å². The lowest BCUT2D eigenvalue weighted by Gasteiger charge is -2.13. The molecule has 2 aromatic rings. The van der Waals surface area contributed by atoms with Gasteiger partial charge in [0, 0.05) is 17.3 Å². The number of hydrogen-bond acceptors (Lipinski definition) is 3. The number of aryl methyl sites for hydroxylation is 1. The molecule has 5 nitrogen and oxygen atoms in total. The summed E-state index contributed by atoms with van der Waals surface area (Å²) in [5.41, 5.74) is 1.37. The minimum Gasteiger partial charge on any atom is -0.350 e. The first-order valence-electron chi connectivity index (χ1n) is 7.29. The van der Waals surface area contributed by atoms with Gasteiger partial charge in [-0.3, -0.25) is 9.52 Å². The van der Waals surface area contributed by atoms with Crippen molar-refractivity contribution < 1.29 is 13.2 Å². The maximum Gasteiger partial charge on any atom is 0.262 e. The third kappa shape index (κ3) is 4.32. The van der Waals surface area contributed by atoms with Gasteiger partial charge in [-0.05, 0) is 50.6 Å². The van der Waals surface area contributed by atoms with Gasteiger partial charge in [-0.15, -0.1) is 0 Å². The van der Waals surface area contributed by atoms with Crippen molar-refractivity contribution in [1.82, 2.24) is 5.32 Å². The van der Waals surface area contributed by atoms with Crippen LogP contribution >= 0.6 is 0 Å². The van der Waals surface area contributed by atoms with E-state index in [4.69, 9.17) is 0 Å². The third-order valence-corrected chi connectivity index (χ3v) is 4.71. The summed E-state index contributed by atoms with van der Waals surface area (Å²) in [4.78, 5) is 12.2. The summed E-state index contributed by atoms with van der Waals surface area (Å²) < 4.78 is 27.7. The van der Waals surface area contributed by atoms with E-state index in [1.54, 1.807) is 49.4 Å². The van der Waals surface area contributed by atoms with Crippen LogP contribution in [0.5, 0.6) is 0 Å². The standard InChI is InChI=1S/C17H20N2O3S/c1-12(2)18-17(20)14-10-9-13(3)16(11-14)23(21,22)19-15-7-5-4-6-8-15/h4-12,19H,1-3H3,(H,18,20). The van der Waals surface area contributed by atoms with Crippen LogP contribution in [0, 0.1) is 6.92 Å². The highest BCUT2D eigenvalue weighted by Crippen LogP contribution is 2.20. The molecule has 0 bridgehead atoms. The summed E-state index contributed by atoms with van der Waals surface area (Å²) in [6, 6.07) is 13.3. The molecule has 2 rings (SSSR count). The van der Waals surface area contributed by atoms with Gasteiger partial charge >= 0.3 is 0 Å². The maximum atomic E-state index is 12.6. The number of benzene rings is 2. The zero-order valence-electron chi connectivity index (χ0n) is 13.3. The fourth-order valence-electron chi connectivity index (χ4n) is 2.09. The highest BCUT2D eigenvalue weighted by molar-refractivity contribution is 7.92. The Labute approximate surface area is 136 Å². The number of carbonyl (C=O) groups excluding carboxylic acids is 1. The number of hydrogen-bond donors (Lipinski definition) is 2. The Balaban J connectivity index is 2.36. The van der Waals surface area contributed by atoms with Crippen LogP contribution in [-0.4, -0.2) is 20.4 Å². The molecule has 0 radical (unpaired) electrons. The van der Waals surface area contributed by atoms with E-state index in [1.807, 2.05) is 13.8 Å². The van der Waals surface area contributed by atoms with Crippen molar-refractivity contribution in [2.75, 3.05) is 4.72 Å². The predicted octanol–water partition coefficient (Wildman–Crippen LogP) is 2.93. The Morgan fingerprint density at radius 1 is 1.04 bits per heavy atom. The van der Waals surface area contributed by atoms with Crippen molar-refractivity contribution in [1.29, 1.82) is 0 Å². The number of carbonyl (C=O) groups is 1. The average molecular weight is 332 g/mol. The average Bonchev–Trinajstić information content (AvgIpc) is 2.47. The predicted molar refractivity (Wildman–Crippen MR) is 91.0 cm³/mol. The number of amides is 1. The van der Waals surface area contributed by atoms with E-state index in [-0.39, 0.29) is 16.8 Å². The van der Waals surface area contributed by atoms with Gasteiger partial charge in [0.1, 0.15) is 0 Å². The summed E-state index contributed by atoms with van der Waals surface area (Å²) in [7, 11) is -3.76. The van der Waals surface area contributed by atoms with E-state index in [1.165, 1.54) is 6.07 Å². The highest BCUT2D eigenvalue weighted by atomic mass is 32.2. The van der Waals surface area contributed by atoms with Crippen LogP contribution in [0.4, 0.5) is 5.69 Å². The van der Waals surface area contributed by atoms with Crippen LogP contribution in [0.25, 0.3) is 0 Å². The first-order valence-corrected chi connectivity index (χ1v) is 8.77. The Kier molecular flexibility index (Phi) is 5.05. The second-order valence-electron chi connectivity index (χ2n) is 5.58. The molecule has 0 aliphatic rings. The smallest absolute Gasteiger partial charge is 0.262 e. The molecule has 0 atom stereocenters. The van der Waals surface area contributed by atoms with Gasteiger partial charge in [0.15, 0.2) is 0 Å². The van der Waals surface area contributed by atoms with Crippen molar-refractivity contribution in [2.24, 2.45) is 0 Å². The lowest BCUT2D eigenvalue weighted by atomic mass is 10.1. The van der Waals surface area contributed by atoms with Gasteiger partial charge in [0.05, 0.1) is 4.90 Å².